The minimum absolute atomic E-state index is 0.137. The smallest absolute Gasteiger partial charge is 0.255 e. The third-order valence-electron chi connectivity index (χ3n) is 3.97. The van der Waals surface area contributed by atoms with E-state index in [4.69, 9.17) is 16.3 Å². The minimum Gasteiger partial charge on any atom is -0.496 e. The summed E-state index contributed by atoms with van der Waals surface area (Å²) in [4.78, 5) is 18.1. The van der Waals surface area contributed by atoms with Gasteiger partial charge in [-0.15, -0.1) is 11.3 Å². The van der Waals surface area contributed by atoms with Crippen LogP contribution >= 0.6 is 22.9 Å². The van der Waals surface area contributed by atoms with Crippen molar-refractivity contribution in [1.29, 1.82) is 0 Å². The van der Waals surface area contributed by atoms with Gasteiger partial charge in [0.15, 0.2) is 0 Å². The Kier molecular flexibility index (Phi) is 5.91. The van der Waals surface area contributed by atoms with Gasteiger partial charge in [0, 0.05) is 28.4 Å². The Balaban J connectivity index is 1.63. The number of hydrogen-bond donors (Lipinski definition) is 1. The second kappa shape index (κ2) is 8.34. The first-order valence-electron chi connectivity index (χ1n) is 8.22. The molecule has 0 unspecified atom stereocenters. The van der Waals surface area contributed by atoms with Crippen molar-refractivity contribution < 1.29 is 9.53 Å². The number of carbonyl (C=O) groups is 1. The molecule has 4 nitrogen and oxygen atoms in total. The van der Waals surface area contributed by atoms with Crippen LogP contribution < -0.4 is 10.1 Å². The van der Waals surface area contributed by atoms with Gasteiger partial charge in [0.1, 0.15) is 10.8 Å². The third-order valence-corrected chi connectivity index (χ3v) is 5.49. The summed E-state index contributed by atoms with van der Waals surface area (Å²) < 4.78 is 5.23. The molecule has 1 amide bonds. The molecule has 134 valence electrons. The van der Waals surface area contributed by atoms with Gasteiger partial charge in [-0.2, -0.15) is 0 Å². The lowest BCUT2D eigenvalue weighted by atomic mass is 10.2. The van der Waals surface area contributed by atoms with E-state index in [0.29, 0.717) is 22.9 Å². The Morgan fingerprint density at radius 2 is 1.92 bits per heavy atom. The molecule has 0 saturated heterocycles. The molecule has 0 radical (unpaired) electrons. The maximum absolute atomic E-state index is 12.3. The van der Waals surface area contributed by atoms with E-state index in [1.165, 1.54) is 0 Å². The Bertz CT molecular complexity index is 906. The van der Waals surface area contributed by atoms with Gasteiger partial charge in [0.05, 0.1) is 18.4 Å². The SMILES string of the molecule is COc1ccccc1C(=O)NCCc1sc(-c2ccc(Cl)cc2)nc1C. The number of aryl methyl sites for hydroxylation is 1. The highest BCUT2D eigenvalue weighted by atomic mass is 35.5. The Morgan fingerprint density at radius 1 is 1.19 bits per heavy atom. The highest BCUT2D eigenvalue weighted by Gasteiger charge is 2.13. The quantitative estimate of drug-likeness (QED) is 0.664. The fourth-order valence-electron chi connectivity index (χ4n) is 2.59. The van der Waals surface area contributed by atoms with E-state index in [1.807, 2.05) is 43.3 Å². The number of aromatic nitrogens is 1. The first-order valence-corrected chi connectivity index (χ1v) is 9.41. The van der Waals surface area contributed by atoms with Gasteiger partial charge in [-0.3, -0.25) is 4.79 Å². The molecule has 1 heterocycles. The van der Waals surface area contributed by atoms with Crippen LogP contribution in [0.15, 0.2) is 48.5 Å². The lowest BCUT2D eigenvalue weighted by Crippen LogP contribution is -2.26. The van der Waals surface area contributed by atoms with E-state index in [2.05, 4.69) is 10.3 Å². The van der Waals surface area contributed by atoms with Crippen molar-refractivity contribution >= 4 is 28.8 Å². The molecule has 0 aliphatic heterocycles. The summed E-state index contributed by atoms with van der Waals surface area (Å²) in [7, 11) is 1.56. The van der Waals surface area contributed by atoms with E-state index in [-0.39, 0.29) is 5.91 Å². The largest absolute Gasteiger partial charge is 0.496 e. The monoisotopic (exact) mass is 386 g/mol. The predicted molar refractivity (Wildman–Crippen MR) is 106 cm³/mol. The van der Waals surface area contributed by atoms with Crippen molar-refractivity contribution in [2.45, 2.75) is 13.3 Å². The van der Waals surface area contributed by atoms with E-state index in [1.54, 1.807) is 30.6 Å². The second-order valence-electron chi connectivity index (χ2n) is 5.74. The number of para-hydroxylation sites is 1. The second-order valence-corrected chi connectivity index (χ2v) is 7.26. The van der Waals surface area contributed by atoms with Crippen LogP contribution in [-0.2, 0) is 6.42 Å². The molecule has 3 rings (SSSR count). The van der Waals surface area contributed by atoms with Gasteiger partial charge >= 0.3 is 0 Å². The molecule has 0 spiro atoms. The van der Waals surface area contributed by atoms with Crippen molar-refractivity contribution in [3.05, 3.63) is 69.7 Å². The minimum atomic E-state index is -0.137. The molecule has 0 fully saturated rings. The number of rotatable bonds is 6. The molecule has 6 heteroatoms. The summed E-state index contributed by atoms with van der Waals surface area (Å²) in [5, 5.41) is 4.62. The Morgan fingerprint density at radius 3 is 2.65 bits per heavy atom. The number of benzene rings is 2. The maximum atomic E-state index is 12.3. The van der Waals surface area contributed by atoms with Gasteiger partial charge in [0.2, 0.25) is 0 Å². The average molecular weight is 387 g/mol. The van der Waals surface area contributed by atoms with Gasteiger partial charge in [-0.1, -0.05) is 35.9 Å². The van der Waals surface area contributed by atoms with Crippen molar-refractivity contribution in [2.24, 2.45) is 0 Å². The summed E-state index contributed by atoms with van der Waals surface area (Å²) in [6.45, 7) is 2.53. The van der Waals surface area contributed by atoms with Crippen molar-refractivity contribution in [2.75, 3.05) is 13.7 Å². The molecule has 1 aromatic heterocycles. The Labute approximate surface area is 161 Å². The molecule has 0 saturated carbocycles. The lowest BCUT2D eigenvalue weighted by molar-refractivity contribution is 0.0951. The van der Waals surface area contributed by atoms with Crippen LogP contribution in [0.3, 0.4) is 0 Å². The normalized spacial score (nSPS) is 10.6. The van der Waals surface area contributed by atoms with Crippen LogP contribution in [-0.4, -0.2) is 24.5 Å². The van der Waals surface area contributed by atoms with Crippen LogP contribution in [0.5, 0.6) is 5.75 Å². The number of thiazole rings is 1. The molecule has 1 N–H and O–H groups in total. The topological polar surface area (TPSA) is 51.2 Å². The van der Waals surface area contributed by atoms with Gasteiger partial charge < -0.3 is 10.1 Å². The Hall–Kier alpha value is -2.37. The zero-order chi connectivity index (χ0) is 18.5. The average Bonchev–Trinajstić information content (AvgIpc) is 3.03. The van der Waals surface area contributed by atoms with Crippen molar-refractivity contribution in [3.8, 4) is 16.3 Å². The fourth-order valence-corrected chi connectivity index (χ4v) is 3.79. The number of carbonyl (C=O) groups excluding carboxylic acids is 1. The molecule has 0 aliphatic rings. The number of methoxy groups -OCH3 is 1. The molecular weight excluding hydrogens is 368 g/mol. The van der Waals surface area contributed by atoms with Crippen LogP contribution in [0.25, 0.3) is 10.6 Å². The summed E-state index contributed by atoms with van der Waals surface area (Å²) >= 11 is 7.58. The van der Waals surface area contributed by atoms with Gasteiger partial charge in [-0.05, 0) is 31.2 Å². The number of nitrogens with zero attached hydrogens (tertiary/aromatic N) is 1. The van der Waals surface area contributed by atoms with E-state index >= 15 is 0 Å². The number of amides is 1. The molecule has 2 aromatic carbocycles. The maximum Gasteiger partial charge on any atom is 0.255 e. The highest BCUT2D eigenvalue weighted by molar-refractivity contribution is 7.15. The highest BCUT2D eigenvalue weighted by Crippen LogP contribution is 2.29. The van der Waals surface area contributed by atoms with Crippen LogP contribution in [0.1, 0.15) is 20.9 Å². The molecular formula is C20H19ClN2O2S. The number of hydrogen-bond acceptors (Lipinski definition) is 4. The number of ether oxygens (including phenoxy) is 1. The van der Waals surface area contributed by atoms with Gasteiger partial charge in [0.25, 0.3) is 5.91 Å². The number of halogens is 1. The lowest BCUT2D eigenvalue weighted by Gasteiger charge is -2.08. The molecule has 26 heavy (non-hydrogen) atoms. The molecule has 0 atom stereocenters. The predicted octanol–water partition coefficient (Wildman–Crippen LogP) is 4.75. The summed E-state index contributed by atoms with van der Waals surface area (Å²) in [5.41, 5.74) is 2.58. The molecule has 3 aromatic rings. The van der Waals surface area contributed by atoms with Gasteiger partial charge in [-0.25, -0.2) is 4.98 Å². The zero-order valence-electron chi connectivity index (χ0n) is 14.6. The van der Waals surface area contributed by atoms with Crippen LogP contribution in [0.4, 0.5) is 0 Å². The van der Waals surface area contributed by atoms with Crippen LogP contribution in [0, 0.1) is 6.92 Å². The van der Waals surface area contributed by atoms with E-state index in [0.717, 1.165) is 27.6 Å². The summed E-state index contributed by atoms with van der Waals surface area (Å²) in [6, 6.07) is 14.9. The third kappa shape index (κ3) is 4.23. The summed E-state index contributed by atoms with van der Waals surface area (Å²) in [5.74, 6) is 0.437. The fraction of sp³-hybridized carbons (Fsp3) is 0.200. The first kappa shape index (κ1) is 18.4. The van der Waals surface area contributed by atoms with Crippen molar-refractivity contribution in [1.82, 2.24) is 10.3 Å². The van der Waals surface area contributed by atoms with Crippen LogP contribution in [0.2, 0.25) is 5.02 Å². The van der Waals surface area contributed by atoms with Crippen molar-refractivity contribution in [3.63, 3.8) is 0 Å². The van der Waals surface area contributed by atoms with E-state index < -0.39 is 0 Å². The zero-order valence-corrected chi connectivity index (χ0v) is 16.2. The van der Waals surface area contributed by atoms with E-state index in [9.17, 15) is 4.79 Å². The molecule has 0 aliphatic carbocycles. The first-order chi connectivity index (χ1) is 12.6. The molecule has 0 bridgehead atoms. The number of nitrogens with one attached hydrogen (secondary N) is 1. The summed E-state index contributed by atoms with van der Waals surface area (Å²) in [6.07, 6.45) is 0.734. The standard InChI is InChI=1S/C20H19ClN2O2S/c1-13-18(26-20(23-13)14-7-9-15(21)10-8-14)11-12-22-19(24)16-5-3-4-6-17(16)25-2/h3-10H,11-12H2,1-2H3,(H,22,24).